The molecule has 2 unspecified atom stereocenters. The Balaban J connectivity index is 2.42. The molecule has 2 atom stereocenters. The van der Waals surface area contributed by atoms with E-state index in [1.165, 1.54) is 19.3 Å². The van der Waals surface area contributed by atoms with Gasteiger partial charge in [0.25, 0.3) is 0 Å². The molecule has 0 heterocycles. The normalized spacial score (nSPS) is 41.2. The summed E-state index contributed by atoms with van der Waals surface area (Å²) in [6.45, 7) is 2.11. The third-order valence-electron chi connectivity index (χ3n) is 2.36. The molecule has 1 fully saturated rings. The minimum atomic E-state index is -0.0349. The summed E-state index contributed by atoms with van der Waals surface area (Å²) in [5.74, 6) is 0. The monoisotopic (exact) mass is 194 g/mol. The largest absolute Gasteiger partial charge is 0.123 e. The summed E-state index contributed by atoms with van der Waals surface area (Å²) >= 11 is 12.4. The highest BCUT2D eigenvalue weighted by atomic mass is 35.5. The molecule has 0 spiro atoms. The van der Waals surface area contributed by atoms with E-state index >= 15 is 0 Å². The number of alkyl halides is 2. The maximum atomic E-state index is 6.26. The van der Waals surface area contributed by atoms with Gasteiger partial charge in [0.2, 0.25) is 0 Å². The average molecular weight is 195 g/mol. The second-order valence-electron chi connectivity index (χ2n) is 3.81. The Morgan fingerprint density at radius 2 is 2.00 bits per heavy atom. The molecule has 66 valence electrons. The molecule has 0 saturated heterocycles. The van der Waals surface area contributed by atoms with Gasteiger partial charge in [0, 0.05) is 10.3 Å². The summed E-state index contributed by atoms with van der Waals surface area (Å²) in [7, 11) is 0. The van der Waals surface area contributed by atoms with Crippen molar-refractivity contribution >= 4 is 23.2 Å². The van der Waals surface area contributed by atoms with Crippen LogP contribution in [0.2, 0.25) is 0 Å². The zero-order valence-corrected chi connectivity index (χ0v) is 8.59. The van der Waals surface area contributed by atoms with Crippen molar-refractivity contribution in [1.29, 1.82) is 0 Å². The summed E-state index contributed by atoms with van der Waals surface area (Å²) in [6, 6.07) is 0. The van der Waals surface area contributed by atoms with Crippen molar-refractivity contribution in [3.05, 3.63) is 0 Å². The molecule has 0 nitrogen and oxygen atoms in total. The summed E-state index contributed by atoms with van der Waals surface area (Å²) < 4.78 is 0. The van der Waals surface area contributed by atoms with Crippen LogP contribution in [0.4, 0.5) is 0 Å². The van der Waals surface area contributed by atoms with Crippen LogP contribution in [0.3, 0.4) is 0 Å². The predicted molar refractivity (Wildman–Crippen MR) is 51.6 cm³/mol. The first-order chi connectivity index (χ1) is 5.10. The lowest BCUT2D eigenvalue weighted by molar-refractivity contribution is 0.434. The second-order valence-corrected chi connectivity index (χ2v) is 5.34. The van der Waals surface area contributed by atoms with Gasteiger partial charge in [-0.15, -0.1) is 23.2 Å². The molecule has 0 aliphatic heterocycles. The molecule has 0 aromatic rings. The van der Waals surface area contributed by atoms with Crippen LogP contribution in [0.25, 0.3) is 0 Å². The first-order valence-electron chi connectivity index (χ1n) is 4.43. The Bertz CT molecular complexity index is 121. The lowest BCUT2D eigenvalue weighted by Crippen LogP contribution is -2.23. The van der Waals surface area contributed by atoms with Gasteiger partial charge in [0.1, 0.15) is 0 Å². The highest BCUT2D eigenvalue weighted by molar-refractivity contribution is 6.25. The predicted octanol–water partition coefficient (Wildman–Crippen LogP) is 3.95. The SMILES string of the molecule is CC1(Cl)CCCCCC(Cl)C1. The minimum absolute atomic E-state index is 0.0349. The van der Waals surface area contributed by atoms with Crippen molar-refractivity contribution in [1.82, 2.24) is 0 Å². The van der Waals surface area contributed by atoms with Crippen molar-refractivity contribution in [3.8, 4) is 0 Å². The zero-order chi connectivity index (χ0) is 8.32. The molecule has 2 heteroatoms. The lowest BCUT2D eigenvalue weighted by Gasteiger charge is -2.27. The van der Waals surface area contributed by atoms with Gasteiger partial charge in [-0.2, -0.15) is 0 Å². The van der Waals surface area contributed by atoms with Gasteiger partial charge in [-0.05, 0) is 26.2 Å². The Morgan fingerprint density at radius 3 is 2.73 bits per heavy atom. The van der Waals surface area contributed by atoms with Gasteiger partial charge >= 0.3 is 0 Å². The topological polar surface area (TPSA) is 0 Å². The summed E-state index contributed by atoms with van der Waals surface area (Å²) in [6.07, 6.45) is 7.08. The van der Waals surface area contributed by atoms with Crippen LogP contribution in [-0.2, 0) is 0 Å². The number of hydrogen-bond donors (Lipinski definition) is 0. The van der Waals surface area contributed by atoms with Crippen molar-refractivity contribution in [2.45, 2.75) is 55.7 Å². The van der Waals surface area contributed by atoms with Crippen LogP contribution in [0, 0.1) is 0 Å². The van der Waals surface area contributed by atoms with E-state index in [4.69, 9.17) is 23.2 Å². The lowest BCUT2D eigenvalue weighted by atomic mass is 9.92. The molecular weight excluding hydrogens is 179 g/mol. The van der Waals surface area contributed by atoms with E-state index in [0.29, 0.717) is 5.38 Å². The highest BCUT2D eigenvalue weighted by Gasteiger charge is 2.25. The van der Waals surface area contributed by atoms with E-state index in [0.717, 1.165) is 19.3 Å². The molecular formula is C9H16Cl2. The van der Waals surface area contributed by atoms with Gasteiger partial charge in [0.05, 0.1) is 0 Å². The van der Waals surface area contributed by atoms with Gasteiger partial charge < -0.3 is 0 Å². The Labute approximate surface area is 79.3 Å². The first-order valence-corrected chi connectivity index (χ1v) is 5.25. The standard InChI is InChI=1S/C9H16Cl2/c1-9(11)6-4-2-3-5-8(10)7-9/h8H,2-7H2,1H3. The summed E-state index contributed by atoms with van der Waals surface area (Å²) in [5, 5.41) is 0.304. The number of hydrogen-bond acceptors (Lipinski definition) is 0. The number of rotatable bonds is 0. The molecule has 0 N–H and O–H groups in total. The van der Waals surface area contributed by atoms with E-state index in [1.54, 1.807) is 0 Å². The fourth-order valence-corrected chi connectivity index (χ4v) is 2.60. The Kier molecular flexibility index (Phi) is 3.52. The van der Waals surface area contributed by atoms with Crippen LogP contribution >= 0.6 is 23.2 Å². The van der Waals surface area contributed by atoms with Crippen LogP contribution in [0.1, 0.15) is 45.4 Å². The van der Waals surface area contributed by atoms with Crippen LogP contribution < -0.4 is 0 Å². The van der Waals surface area contributed by atoms with Crippen LogP contribution in [0.15, 0.2) is 0 Å². The van der Waals surface area contributed by atoms with Crippen LogP contribution in [-0.4, -0.2) is 10.3 Å². The van der Waals surface area contributed by atoms with E-state index in [2.05, 4.69) is 6.92 Å². The van der Waals surface area contributed by atoms with E-state index in [9.17, 15) is 0 Å². The average Bonchev–Trinajstić information content (AvgIpc) is 1.82. The molecule has 0 aromatic carbocycles. The Hall–Kier alpha value is 0.580. The molecule has 1 rings (SSSR count). The molecule has 1 aliphatic rings. The number of halogens is 2. The van der Waals surface area contributed by atoms with Crippen molar-refractivity contribution in [2.75, 3.05) is 0 Å². The third-order valence-corrected chi connectivity index (χ3v) is 3.08. The van der Waals surface area contributed by atoms with Crippen molar-refractivity contribution < 1.29 is 0 Å². The Morgan fingerprint density at radius 1 is 1.27 bits per heavy atom. The van der Waals surface area contributed by atoms with E-state index in [-0.39, 0.29) is 4.87 Å². The molecule has 0 bridgehead atoms. The smallest absolute Gasteiger partial charge is 0.0432 e. The van der Waals surface area contributed by atoms with Gasteiger partial charge in [0.15, 0.2) is 0 Å². The minimum Gasteiger partial charge on any atom is -0.123 e. The van der Waals surface area contributed by atoms with Gasteiger partial charge in [-0.1, -0.05) is 19.3 Å². The van der Waals surface area contributed by atoms with Crippen molar-refractivity contribution in [2.24, 2.45) is 0 Å². The molecule has 0 aromatic heterocycles. The van der Waals surface area contributed by atoms with Crippen LogP contribution in [0.5, 0.6) is 0 Å². The van der Waals surface area contributed by atoms with E-state index in [1.807, 2.05) is 0 Å². The molecule has 0 radical (unpaired) electrons. The van der Waals surface area contributed by atoms with Crippen molar-refractivity contribution in [3.63, 3.8) is 0 Å². The zero-order valence-electron chi connectivity index (χ0n) is 7.08. The third kappa shape index (κ3) is 3.66. The fourth-order valence-electron chi connectivity index (χ4n) is 1.70. The summed E-state index contributed by atoms with van der Waals surface area (Å²) in [4.78, 5) is -0.0349. The molecule has 0 amide bonds. The van der Waals surface area contributed by atoms with Gasteiger partial charge in [-0.3, -0.25) is 0 Å². The molecule has 1 saturated carbocycles. The van der Waals surface area contributed by atoms with Gasteiger partial charge in [-0.25, -0.2) is 0 Å². The fraction of sp³-hybridized carbons (Fsp3) is 1.00. The van der Waals surface area contributed by atoms with E-state index < -0.39 is 0 Å². The highest BCUT2D eigenvalue weighted by Crippen LogP contribution is 2.33. The first kappa shape index (κ1) is 9.67. The maximum Gasteiger partial charge on any atom is 0.0432 e. The maximum absolute atomic E-state index is 6.26. The summed E-state index contributed by atoms with van der Waals surface area (Å²) in [5.41, 5.74) is 0. The quantitative estimate of drug-likeness (QED) is 0.513. The molecule has 11 heavy (non-hydrogen) atoms. The molecule has 1 aliphatic carbocycles. The second kappa shape index (κ2) is 4.00.